The van der Waals surface area contributed by atoms with Gasteiger partial charge in [-0.2, -0.15) is 0 Å². The van der Waals surface area contributed by atoms with E-state index in [0.29, 0.717) is 30.2 Å². The lowest BCUT2D eigenvalue weighted by Crippen LogP contribution is -2.29. The fraction of sp³-hybridized carbons (Fsp3) is 0.476. The quantitative estimate of drug-likeness (QED) is 0.807. The Morgan fingerprint density at radius 1 is 1.21 bits per heavy atom. The normalized spacial score (nSPS) is 19.4. The fourth-order valence-corrected chi connectivity index (χ4v) is 3.97. The molecule has 1 aromatic carbocycles. The molecule has 3 heterocycles. The maximum absolute atomic E-state index is 13.0. The summed E-state index contributed by atoms with van der Waals surface area (Å²) in [7, 11) is 5.28. The highest BCUT2D eigenvalue weighted by molar-refractivity contribution is 5.97. The second kappa shape index (κ2) is 7.75. The van der Waals surface area contributed by atoms with Crippen LogP contribution >= 0.6 is 0 Å². The van der Waals surface area contributed by atoms with E-state index < -0.39 is 0 Å². The van der Waals surface area contributed by atoms with E-state index in [4.69, 9.17) is 14.5 Å². The molecule has 28 heavy (non-hydrogen) atoms. The van der Waals surface area contributed by atoms with Gasteiger partial charge in [-0.1, -0.05) is 0 Å². The number of hydrogen-bond donors (Lipinski definition) is 0. The topological polar surface area (TPSA) is 67.8 Å². The molecule has 1 amide bonds. The van der Waals surface area contributed by atoms with Gasteiger partial charge in [0.1, 0.15) is 17.3 Å². The lowest BCUT2D eigenvalue weighted by atomic mass is 10.1. The van der Waals surface area contributed by atoms with E-state index in [2.05, 4.69) is 16.9 Å². The first-order chi connectivity index (χ1) is 13.6. The zero-order valence-corrected chi connectivity index (χ0v) is 16.6. The van der Waals surface area contributed by atoms with Gasteiger partial charge in [0.05, 0.1) is 19.8 Å². The highest BCUT2D eigenvalue weighted by Gasteiger charge is 2.31. The molecule has 7 heteroatoms. The Kier molecular flexibility index (Phi) is 5.17. The van der Waals surface area contributed by atoms with Gasteiger partial charge in [0.2, 0.25) is 0 Å². The molecule has 0 spiro atoms. The first-order valence-corrected chi connectivity index (χ1v) is 9.63. The molecule has 7 nitrogen and oxygen atoms in total. The highest BCUT2D eigenvalue weighted by atomic mass is 16.5. The van der Waals surface area contributed by atoms with Crippen molar-refractivity contribution in [2.75, 3.05) is 40.9 Å². The van der Waals surface area contributed by atoms with E-state index in [0.717, 1.165) is 37.4 Å². The molecule has 148 valence electrons. The molecule has 1 atom stereocenters. The average Bonchev–Trinajstić information content (AvgIpc) is 3.22. The molecule has 1 fully saturated rings. The highest BCUT2D eigenvalue weighted by Crippen LogP contribution is 2.30. The van der Waals surface area contributed by atoms with Crippen molar-refractivity contribution in [3.05, 3.63) is 47.0 Å². The van der Waals surface area contributed by atoms with Crippen molar-refractivity contribution in [1.82, 2.24) is 19.8 Å². The van der Waals surface area contributed by atoms with Gasteiger partial charge < -0.3 is 19.3 Å². The van der Waals surface area contributed by atoms with Crippen molar-refractivity contribution in [3.63, 3.8) is 0 Å². The molecule has 2 aliphatic rings. The second-order valence-corrected chi connectivity index (χ2v) is 7.49. The number of methoxy groups -OCH3 is 2. The van der Waals surface area contributed by atoms with Gasteiger partial charge >= 0.3 is 0 Å². The van der Waals surface area contributed by atoms with Crippen LogP contribution in [0.15, 0.2) is 24.4 Å². The molecular formula is C21H26N4O3. The van der Waals surface area contributed by atoms with E-state index in [1.807, 2.05) is 11.1 Å². The molecule has 0 aliphatic carbocycles. The van der Waals surface area contributed by atoms with Crippen LogP contribution in [0.3, 0.4) is 0 Å². The van der Waals surface area contributed by atoms with E-state index in [1.54, 1.807) is 32.4 Å². The van der Waals surface area contributed by atoms with Gasteiger partial charge in [0.15, 0.2) is 0 Å². The average molecular weight is 382 g/mol. The Labute approximate surface area is 165 Å². The number of nitrogens with zero attached hydrogens (tertiary/aromatic N) is 4. The molecule has 1 unspecified atom stereocenters. The summed E-state index contributed by atoms with van der Waals surface area (Å²) in [5.74, 6) is 2.21. The summed E-state index contributed by atoms with van der Waals surface area (Å²) >= 11 is 0. The summed E-state index contributed by atoms with van der Waals surface area (Å²) in [6.07, 6.45) is 3.80. The maximum atomic E-state index is 13.0. The Morgan fingerprint density at radius 3 is 2.86 bits per heavy atom. The standard InChI is InChI=1S/C21H26N4O3/c1-24-8-7-18-15(12-24)11-22-20(23-18)14-6-9-25(13-14)21(26)17-5-4-16(27-2)10-19(17)28-3/h4-5,10-11,14H,6-9,12-13H2,1-3H3. The zero-order valence-electron chi connectivity index (χ0n) is 16.6. The molecule has 0 N–H and O–H groups in total. The van der Waals surface area contributed by atoms with Crippen molar-refractivity contribution in [2.24, 2.45) is 0 Å². The number of aromatic nitrogens is 2. The van der Waals surface area contributed by atoms with Crippen molar-refractivity contribution < 1.29 is 14.3 Å². The summed E-state index contributed by atoms with van der Waals surface area (Å²) in [4.78, 5) is 26.6. The van der Waals surface area contributed by atoms with Crippen LogP contribution in [0, 0.1) is 0 Å². The summed E-state index contributed by atoms with van der Waals surface area (Å²) in [6, 6.07) is 5.29. The van der Waals surface area contributed by atoms with E-state index in [9.17, 15) is 4.79 Å². The number of carbonyl (C=O) groups excluding carboxylic acids is 1. The van der Waals surface area contributed by atoms with Gasteiger partial charge in [-0.3, -0.25) is 4.79 Å². The third-order valence-corrected chi connectivity index (χ3v) is 5.62. The lowest BCUT2D eigenvalue weighted by molar-refractivity contribution is 0.0787. The van der Waals surface area contributed by atoms with Crippen molar-refractivity contribution in [2.45, 2.75) is 25.3 Å². The molecule has 0 bridgehead atoms. The first-order valence-electron chi connectivity index (χ1n) is 9.63. The van der Waals surface area contributed by atoms with Crippen molar-refractivity contribution in [1.29, 1.82) is 0 Å². The van der Waals surface area contributed by atoms with Crippen LogP contribution in [-0.2, 0) is 13.0 Å². The predicted octanol–water partition coefficient (Wildman–Crippen LogP) is 2.11. The molecule has 4 rings (SSSR count). The molecule has 0 saturated carbocycles. The number of rotatable bonds is 4. The van der Waals surface area contributed by atoms with Crippen LogP contribution in [0.4, 0.5) is 0 Å². The third kappa shape index (κ3) is 3.54. The maximum Gasteiger partial charge on any atom is 0.257 e. The Morgan fingerprint density at radius 2 is 2.07 bits per heavy atom. The summed E-state index contributed by atoms with van der Waals surface area (Å²) in [5, 5.41) is 0. The Hall–Kier alpha value is -2.67. The van der Waals surface area contributed by atoms with Crippen LogP contribution in [-0.4, -0.2) is 66.6 Å². The zero-order chi connectivity index (χ0) is 19.7. The minimum absolute atomic E-state index is 0.0263. The molecule has 1 saturated heterocycles. The van der Waals surface area contributed by atoms with Crippen molar-refractivity contribution >= 4 is 5.91 Å². The number of ether oxygens (including phenoxy) is 2. The van der Waals surface area contributed by atoms with Crippen molar-refractivity contribution in [3.8, 4) is 11.5 Å². The number of hydrogen-bond acceptors (Lipinski definition) is 6. The third-order valence-electron chi connectivity index (χ3n) is 5.62. The van der Waals surface area contributed by atoms with Crippen LogP contribution in [0.2, 0.25) is 0 Å². The number of fused-ring (bicyclic) bond motifs is 1. The van der Waals surface area contributed by atoms with Gasteiger partial charge in [0, 0.05) is 62.0 Å². The van der Waals surface area contributed by atoms with Gasteiger partial charge in [0.25, 0.3) is 5.91 Å². The predicted molar refractivity (Wildman–Crippen MR) is 105 cm³/mol. The van der Waals surface area contributed by atoms with Gasteiger partial charge in [-0.25, -0.2) is 9.97 Å². The van der Waals surface area contributed by atoms with E-state index in [1.165, 1.54) is 5.56 Å². The van der Waals surface area contributed by atoms with Crippen LogP contribution in [0.5, 0.6) is 11.5 Å². The summed E-state index contributed by atoms with van der Waals surface area (Å²) in [5.41, 5.74) is 2.93. The molecule has 2 aromatic rings. The van der Waals surface area contributed by atoms with E-state index >= 15 is 0 Å². The molecule has 1 aromatic heterocycles. The molecule has 2 aliphatic heterocycles. The SMILES string of the molecule is COc1ccc(C(=O)N2CCC(c3ncc4c(n3)CCN(C)C4)C2)c(OC)c1. The molecule has 0 radical (unpaired) electrons. The Balaban J connectivity index is 1.49. The number of amides is 1. The number of carbonyl (C=O) groups is 1. The number of benzene rings is 1. The monoisotopic (exact) mass is 382 g/mol. The number of likely N-dealkylation sites (tertiary alicyclic amines) is 1. The van der Waals surface area contributed by atoms with Gasteiger partial charge in [-0.15, -0.1) is 0 Å². The van der Waals surface area contributed by atoms with Gasteiger partial charge in [-0.05, 0) is 25.6 Å². The first kappa shape index (κ1) is 18.7. The van der Waals surface area contributed by atoms with E-state index in [-0.39, 0.29) is 11.8 Å². The molecular weight excluding hydrogens is 356 g/mol. The van der Waals surface area contributed by atoms with Crippen LogP contribution < -0.4 is 9.47 Å². The van der Waals surface area contributed by atoms with Crippen LogP contribution in [0.25, 0.3) is 0 Å². The summed E-state index contributed by atoms with van der Waals surface area (Å²) in [6.45, 7) is 3.26. The second-order valence-electron chi connectivity index (χ2n) is 7.49. The smallest absolute Gasteiger partial charge is 0.257 e. The van der Waals surface area contributed by atoms with Crippen LogP contribution in [0.1, 0.15) is 39.8 Å². The summed E-state index contributed by atoms with van der Waals surface area (Å²) < 4.78 is 10.6. The Bertz CT molecular complexity index is 886. The lowest BCUT2D eigenvalue weighted by Gasteiger charge is -2.24. The number of likely N-dealkylation sites (N-methyl/N-ethyl adjacent to an activating group) is 1. The minimum atomic E-state index is -0.0263. The fourth-order valence-electron chi connectivity index (χ4n) is 3.97. The minimum Gasteiger partial charge on any atom is -0.497 e. The largest absolute Gasteiger partial charge is 0.497 e.